The summed E-state index contributed by atoms with van der Waals surface area (Å²) in [4.78, 5) is 15.3. The fourth-order valence-electron chi connectivity index (χ4n) is 10.5. The van der Waals surface area contributed by atoms with Gasteiger partial charge in [0, 0.05) is 22.3 Å². The third-order valence-electron chi connectivity index (χ3n) is 13.7. The van der Waals surface area contributed by atoms with E-state index in [0.29, 0.717) is 23.0 Å². The van der Waals surface area contributed by atoms with E-state index in [-0.39, 0.29) is 0 Å². The summed E-state index contributed by atoms with van der Waals surface area (Å²) >= 11 is 0. The molecule has 0 fully saturated rings. The molecular weight excluding hydrogens is 849 g/mol. The molecule has 0 N–H and O–H groups in total. The summed E-state index contributed by atoms with van der Waals surface area (Å²) < 4.78 is 0. The number of hydrogen-bond donors (Lipinski definition) is 0. The van der Waals surface area contributed by atoms with Crippen LogP contribution < -0.4 is 0 Å². The fraction of sp³-hybridized carbons (Fsp3) is 0. The van der Waals surface area contributed by atoms with Gasteiger partial charge < -0.3 is 0 Å². The van der Waals surface area contributed by atoms with Crippen molar-refractivity contribution in [3.63, 3.8) is 0 Å². The maximum Gasteiger partial charge on any atom is 0.164 e. The molecule has 0 saturated carbocycles. The summed E-state index contributed by atoms with van der Waals surface area (Å²) in [5, 5.41) is 15.6. The van der Waals surface area contributed by atoms with E-state index >= 15 is 0 Å². The van der Waals surface area contributed by atoms with Crippen LogP contribution in [0.25, 0.3) is 134 Å². The zero-order chi connectivity index (χ0) is 46.5. The Labute approximate surface area is 406 Å². The van der Waals surface area contributed by atoms with Crippen LogP contribution in [-0.2, 0) is 0 Å². The molecule has 4 nitrogen and oxygen atoms in total. The van der Waals surface area contributed by atoms with Gasteiger partial charge in [-0.15, -0.1) is 0 Å². The third-order valence-corrected chi connectivity index (χ3v) is 13.7. The van der Waals surface area contributed by atoms with Gasteiger partial charge in [0.05, 0.1) is 11.6 Å². The molecule has 324 valence electrons. The quantitative estimate of drug-likeness (QED) is 0.152. The second-order valence-electron chi connectivity index (χ2n) is 17.8. The van der Waals surface area contributed by atoms with Gasteiger partial charge in [-0.3, -0.25) is 0 Å². The molecule has 0 spiro atoms. The van der Waals surface area contributed by atoms with Crippen molar-refractivity contribution in [3.8, 4) is 118 Å². The molecule has 0 amide bonds. The number of nitrogens with zero attached hydrogens (tertiary/aromatic N) is 4. The van der Waals surface area contributed by atoms with Gasteiger partial charge in [0.2, 0.25) is 0 Å². The number of aromatic nitrogens is 3. The Morgan fingerprint density at radius 3 is 1.39 bits per heavy atom. The van der Waals surface area contributed by atoms with Crippen molar-refractivity contribution in [1.29, 1.82) is 5.26 Å². The largest absolute Gasteiger partial charge is 0.208 e. The molecule has 1 aromatic heterocycles. The molecular formula is C66H40N4. The van der Waals surface area contributed by atoms with Crippen LogP contribution in [0.15, 0.2) is 243 Å². The Morgan fingerprint density at radius 1 is 0.271 bits per heavy atom. The van der Waals surface area contributed by atoms with Crippen molar-refractivity contribution in [2.75, 3.05) is 0 Å². The van der Waals surface area contributed by atoms with E-state index in [0.717, 1.165) is 66.8 Å². The molecule has 0 unspecified atom stereocenters. The normalized spacial score (nSPS) is 11.4. The lowest BCUT2D eigenvalue weighted by Crippen LogP contribution is -2.00. The molecule has 1 heterocycles. The zero-order valence-electron chi connectivity index (χ0n) is 37.9. The maximum atomic E-state index is 10.6. The Kier molecular flexibility index (Phi) is 9.85. The first-order chi connectivity index (χ1) is 34.6. The first kappa shape index (κ1) is 40.7. The maximum absolute atomic E-state index is 10.6. The number of nitriles is 1. The van der Waals surface area contributed by atoms with Crippen LogP contribution >= 0.6 is 0 Å². The van der Waals surface area contributed by atoms with Gasteiger partial charge in [0.25, 0.3) is 0 Å². The average Bonchev–Trinajstić information content (AvgIpc) is 3.77. The van der Waals surface area contributed by atoms with Crippen molar-refractivity contribution in [2.24, 2.45) is 0 Å². The van der Waals surface area contributed by atoms with Gasteiger partial charge in [0.15, 0.2) is 17.5 Å². The molecule has 0 aliphatic heterocycles. The van der Waals surface area contributed by atoms with Crippen LogP contribution in [0.3, 0.4) is 0 Å². The minimum atomic E-state index is 0.583. The van der Waals surface area contributed by atoms with Gasteiger partial charge in [-0.2, -0.15) is 5.26 Å². The van der Waals surface area contributed by atoms with Crippen LogP contribution in [0.2, 0.25) is 0 Å². The number of hydrogen-bond acceptors (Lipinski definition) is 4. The van der Waals surface area contributed by atoms with Gasteiger partial charge in [-0.25, -0.2) is 15.0 Å². The molecule has 0 bridgehead atoms. The van der Waals surface area contributed by atoms with Crippen LogP contribution in [0, 0.1) is 11.3 Å². The zero-order valence-corrected chi connectivity index (χ0v) is 37.9. The predicted molar refractivity (Wildman–Crippen MR) is 287 cm³/mol. The second-order valence-corrected chi connectivity index (χ2v) is 17.8. The Morgan fingerprint density at radius 2 is 0.671 bits per heavy atom. The highest BCUT2D eigenvalue weighted by Crippen LogP contribution is 2.49. The van der Waals surface area contributed by atoms with Gasteiger partial charge in [0.1, 0.15) is 0 Å². The molecule has 4 heteroatoms. The third kappa shape index (κ3) is 7.04. The smallest absolute Gasteiger partial charge is 0.164 e. The fourth-order valence-corrected chi connectivity index (χ4v) is 10.5. The highest BCUT2D eigenvalue weighted by Gasteiger charge is 2.23. The van der Waals surface area contributed by atoms with E-state index in [1.165, 1.54) is 49.4 Å². The molecule has 12 aromatic rings. The minimum absolute atomic E-state index is 0.583. The minimum Gasteiger partial charge on any atom is -0.208 e. The Hall–Kier alpha value is -9.56. The van der Waals surface area contributed by atoms with E-state index in [9.17, 15) is 5.26 Å². The van der Waals surface area contributed by atoms with Crippen molar-refractivity contribution >= 4 is 21.5 Å². The lowest BCUT2D eigenvalue weighted by Gasteiger charge is -2.15. The monoisotopic (exact) mass is 888 g/mol. The van der Waals surface area contributed by atoms with E-state index in [4.69, 9.17) is 15.0 Å². The van der Waals surface area contributed by atoms with Gasteiger partial charge >= 0.3 is 0 Å². The predicted octanol–water partition coefficient (Wildman–Crippen LogP) is 17.0. The summed E-state index contributed by atoms with van der Waals surface area (Å²) in [5.41, 5.74) is 18.9. The van der Waals surface area contributed by atoms with Crippen LogP contribution in [-0.4, -0.2) is 15.0 Å². The summed E-state index contributed by atoms with van der Waals surface area (Å²) in [6.45, 7) is 0. The molecule has 11 aromatic carbocycles. The highest BCUT2D eigenvalue weighted by atomic mass is 15.0. The van der Waals surface area contributed by atoms with Crippen LogP contribution in [0.5, 0.6) is 0 Å². The summed E-state index contributed by atoms with van der Waals surface area (Å²) in [6.07, 6.45) is 0. The summed E-state index contributed by atoms with van der Waals surface area (Å²) in [7, 11) is 0. The molecule has 13 rings (SSSR count). The van der Waals surface area contributed by atoms with Gasteiger partial charge in [-0.05, 0) is 124 Å². The standard InChI is InChI=1S/C66H40N4/c67-41-52-27-13-32-56(48-23-10-21-46(39-48)55-35-36-61-58-30-7-6-29-57(58)60-34-14-33-59(55)63(60)61)62(52)49-24-8-19-44(37-49)45-20-9-25-50(38-45)65-68-64(43-16-2-1-3-17-43)69-66(70-65)51-26-11-22-47(40-51)54-31-12-18-42-15-4-5-28-53(42)54/h1-40H. The SMILES string of the molecule is N#Cc1cccc(-c2cccc(-c3ccc4c5c(cccc35)-c3ccccc3-4)c2)c1-c1cccc(-c2cccc(-c3nc(-c4ccccc4)nc(-c4cccc(-c5cccc6ccccc56)c4)n3)c2)c1. The highest BCUT2D eigenvalue weighted by molar-refractivity contribution is 6.18. The molecule has 1 aliphatic carbocycles. The van der Waals surface area contributed by atoms with E-state index in [1.54, 1.807) is 0 Å². The molecule has 0 atom stereocenters. The van der Waals surface area contributed by atoms with Crippen molar-refractivity contribution in [2.45, 2.75) is 0 Å². The topological polar surface area (TPSA) is 62.5 Å². The van der Waals surface area contributed by atoms with Crippen molar-refractivity contribution in [1.82, 2.24) is 15.0 Å². The van der Waals surface area contributed by atoms with E-state index < -0.39 is 0 Å². The number of benzene rings is 11. The number of rotatable bonds is 8. The van der Waals surface area contributed by atoms with Gasteiger partial charge in [-0.1, -0.05) is 212 Å². The lowest BCUT2D eigenvalue weighted by atomic mass is 9.87. The van der Waals surface area contributed by atoms with Crippen molar-refractivity contribution < 1.29 is 0 Å². The Bertz CT molecular complexity index is 4050. The van der Waals surface area contributed by atoms with Crippen LogP contribution in [0.1, 0.15) is 5.56 Å². The first-order valence-electron chi connectivity index (χ1n) is 23.6. The average molecular weight is 889 g/mol. The molecule has 1 aliphatic rings. The summed E-state index contributed by atoms with van der Waals surface area (Å²) in [6, 6.07) is 87.5. The van der Waals surface area contributed by atoms with Crippen molar-refractivity contribution in [3.05, 3.63) is 248 Å². The first-order valence-corrected chi connectivity index (χ1v) is 23.6. The van der Waals surface area contributed by atoms with E-state index in [1.807, 2.05) is 42.5 Å². The molecule has 0 radical (unpaired) electrons. The molecule has 0 saturated heterocycles. The van der Waals surface area contributed by atoms with Crippen LogP contribution in [0.4, 0.5) is 0 Å². The number of fused-ring (bicyclic) bond motifs is 4. The van der Waals surface area contributed by atoms with E-state index in [2.05, 4.69) is 206 Å². The summed E-state index contributed by atoms with van der Waals surface area (Å²) in [5.74, 6) is 1.79. The lowest BCUT2D eigenvalue weighted by molar-refractivity contribution is 1.07. The molecule has 70 heavy (non-hydrogen) atoms. The Balaban J connectivity index is 0.879. The second kappa shape index (κ2) is 16.9.